The van der Waals surface area contributed by atoms with Gasteiger partial charge in [0.15, 0.2) is 11.5 Å². The quantitative estimate of drug-likeness (QED) is 0.882. The first-order chi connectivity index (χ1) is 7.35. The molecule has 0 amide bonds. The molecule has 1 fully saturated rings. The van der Waals surface area contributed by atoms with Crippen molar-refractivity contribution in [1.82, 2.24) is 5.32 Å². The summed E-state index contributed by atoms with van der Waals surface area (Å²) in [5, 5.41) is 3.37. The lowest BCUT2D eigenvalue weighted by molar-refractivity contribution is 0.308. The van der Waals surface area contributed by atoms with E-state index in [4.69, 9.17) is 9.47 Å². The summed E-state index contributed by atoms with van der Waals surface area (Å²) in [6.07, 6.45) is 1.21. The lowest BCUT2D eigenvalue weighted by atomic mass is 9.98. The molecular weight excluding hydrogens is 226 g/mol. The van der Waals surface area contributed by atoms with Crippen LogP contribution < -0.4 is 14.8 Å². The third-order valence-electron chi connectivity index (χ3n) is 2.71. The maximum atomic E-state index is 5.53. The van der Waals surface area contributed by atoms with Gasteiger partial charge in [0.05, 0.1) is 13.7 Å². The van der Waals surface area contributed by atoms with Crippen molar-refractivity contribution in [3.8, 4) is 11.5 Å². The normalized spacial score (nSPS) is 18.2. The first-order valence-electron chi connectivity index (χ1n) is 5.39. The smallest absolute Gasteiger partial charge is 0.161 e. The van der Waals surface area contributed by atoms with E-state index >= 15 is 0 Å². The van der Waals surface area contributed by atoms with Gasteiger partial charge in [0.2, 0.25) is 0 Å². The number of ether oxygens (including phenoxy) is 2. The summed E-state index contributed by atoms with van der Waals surface area (Å²) in [5.74, 6) is 1.64. The molecule has 0 aliphatic carbocycles. The molecule has 0 saturated carbocycles. The first kappa shape index (κ1) is 13.1. The zero-order valence-corrected chi connectivity index (χ0v) is 10.5. The van der Waals surface area contributed by atoms with Crippen molar-refractivity contribution in [2.24, 2.45) is 0 Å². The number of benzene rings is 1. The zero-order chi connectivity index (χ0) is 10.7. The first-order valence-corrected chi connectivity index (χ1v) is 5.39. The Morgan fingerprint density at radius 3 is 2.62 bits per heavy atom. The molecule has 1 atom stereocenters. The molecule has 90 valence electrons. The van der Waals surface area contributed by atoms with Crippen molar-refractivity contribution in [3.05, 3.63) is 23.8 Å². The Kier molecular flexibility index (Phi) is 4.90. The fourth-order valence-corrected chi connectivity index (χ4v) is 1.75. The Balaban J connectivity index is 0.00000128. The number of nitrogens with one attached hydrogen (secondary N) is 1. The molecule has 1 N–H and O–H groups in total. The van der Waals surface area contributed by atoms with Crippen molar-refractivity contribution >= 4 is 12.4 Å². The monoisotopic (exact) mass is 243 g/mol. The Labute approximate surface area is 103 Å². The summed E-state index contributed by atoms with van der Waals surface area (Å²) in [6.45, 7) is 3.76. The maximum Gasteiger partial charge on any atom is 0.161 e. The number of hydrogen-bond acceptors (Lipinski definition) is 3. The second kappa shape index (κ2) is 5.97. The molecule has 3 nitrogen and oxygen atoms in total. The fourth-order valence-electron chi connectivity index (χ4n) is 1.75. The summed E-state index contributed by atoms with van der Waals surface area (Å²) in [7, 11) is 1.67. The van der Waals surface area contributed by atoms with Gasteiger partial charge < -0.3 is 14.8 Å². The van der Waals surface area contributed by atoms with Gasteiger partial charge in [0, 0.05) is 6.04 Å². The van der Waals surface area contributed by atoms with E-state index in [-0.39, 0.29) is 12.4 Å². The van der Waals surface area contributed by atoms with Crippen LogP contribution in [-0.2, 0) is 0 Å². The van der Waals surface area contributed by atoms with E-state index in [1.807, 2.05) is 13.0 Å². The van der Waals surface area contributed by atoms with E-state index in [2.05, 4.69) is 17.4 Å². The highest BCUT2D eigenvalue weighted by atomic mass is 35.5. The molecule has 1 aromatic rings. The molecule has 2 rings (SSSR count). The van der Waals surface area contributed by atoms with Crippen LogP contribution in [0.4, 0.5) is 0 Å². The van der Waals surface area contributed by atoms with Crippen LogP contribution >= 0.6 is 12.4 Å². The Morgan fingerprint density at radius 1 is 1.38 bits per heavy atom. The standard InChI is InChI=1S/C12H17NO2.ClH/c1-3-15-12-8-9(10-6-7-13-10)4-5-11(12)14-2;/h4-5,8,10,13H,3,6-7H2,1-2H3;1H/t10-;/m0./s1. The molecule has 0 unspecified atom stereocenters. The molecule has 4 heteroatoms. The highest BCUT2D eigenvalue weighted by Crippen LogP contribution is 2.32. The largest absolute Gasteiger partial charge is 0.493 e. The van der Waals surface area contributed by atoms with Crippen LogP contribution in [0.25, 0.3) is 0 Å². The molecule has 0 aromatic heterocycles. The zero-order valence-electron chi connectivity index (χ0n) is 9.66. The van der Waals surface area contributed by atoms with Gasteiger partial charge in [0.25, 0.3) is 0 Å². The summed E-state index contributed by atoms with van der Waals surface area (Å²) >= 11 is 0. The minimum Gasteiger partial charge on any atom is -0.493 e. The van der Waals surface area contributed by atoms with Crippen LogP contribution in [0, 0.1) is 0 Å². The van der Waals surface area contributed by atoms with Gasteiger partial charge in [-0.1, -0.05) is 6.07 Å². The van der Waals surface area contributed by atoms with E-state index in [9.17, 15) is 0 Å². The van der Waals surface area contributed by atoms with Crippen LogP contribution in [0.3, 0.4) is 0 Å². The Morgan fingerprint density at radius 2 is 2.12 bits per heavy atom. The molecule has 1 saturated heterocycles. The highest BCUT2D eigenvalue weighted by molar-refractivity contribution is 5.85. The van der Waals surface area contributed by atoms with E-state index in [0.717, 1.165) is 18.0 Å². The second-order valence-electron chi connectivity index (χ2n) is 3.64. The third-order valence-corrected chi connectivity index (χ3v) is 2.71. The topological polar surface area (TPSA) is 30.5 Å². The molecule has 0 bridgehead atoms. The van der Waals surface area contributed by atoms with Gasteiger partial charge in [-0.3, -0.25) is 0 Å². The predicted molar refractivity (Wildman–Crippen MR) is 66.8 cm³/mol. The van der Waals surface area contributed by atoms with Crippen LogP contribution in [-0.4, -0.2) is 20.3 Å². The summed E-state index contributed by atoms with van der Waals surface area (Å²) in [5.41, 5.74) is 1.28. The molecule has 0 spiro atoms. The lowest BCUT2D eigenvalue weighted by Gasteiger charge is -2.28. The minimum absolute atomic E-state index is 0. The van der Waals surface area contributed by atoms with Crippen LogP contribution in [0.1, 0.15) is 24.9 Å². The second-order valence-corrected chi connectivity index (χ2v) is 3.64. The van der Waals surface area contributed by atoms with Gasteiger partial charge >= 0.3 is 0 Å². The molecule has 1 aromatic carbocycles. The number of rotatable bonds is 4. The van der Waals surface area contributed by atoms with E-state index in [1.54, 1.807) is 7.11 Å². The summed E-state index contributed by atoms with van der Waals surface area (Å²) in [6, 6.07) is 6.63. The Hall–Kier alpha value is -0.930. The third kappa shape index (κ3) is 2.60. The predicted octanol–water partition coefficient (Wildman–Crippen LogP) is 2.55. The van der Waals surface area contributed by atoms with Gasteiger partial charge in [0.1, 0.15) is 0 Å². The number of hydrogen-bond donors (Lipinski definition) is 1. The van der Waals surface area contributed by atoms with Gasteiger partial charge in [-0.15, -0.1) is 12.4 Å². The van der Waals surface area contributed by atoms with Crippen molar-refractivity contribution in [2.75, 3.05) is 20.3 Å². The fraction of sp³-hybridized carbons (Fsp3) is 0.500. The summed E-state index contributed by atoms with van der Waals surface area (Å²) in [4.78, 5) is 0. The average molecular weight is 244 g/mol. The molecule has 16 heavy (non-hydrogen) atoms. The molecule has 1 aliphatic heterocycles. The molecule has 0 radical (unpaired) electrons. The average Bonchev–Trinajstić information content (AvgIpc) is 2.16. The highest BCUT2D eigenvalue weighted by Gasteiger charge is 2.19. The maximum absolute atomic E-state index is 5.53. The SMILES string of the molecule is CCOc1cc([C@@H]2CCN2)ccc1OC.Cl. The number of methoxy groups -OCH3 is 1. The van der Waals surface area contributed by atoms with Crippen LogP contribution in [0.15, 0.2) is 18.2 Å². The number of halogens is 1. The minimum atomic E-state index is 0. The van der Waals surface area contributed by atoms with E-state index < -0.39 is 0 Å². The lowest BCUT2D eigenvalue weighted by Crippen LogP contribution is -2.34. The summed E-state index contributed by atoms with van der Waals surface area (Å²) < 4.78 is 10.8. The van der Waals surface area contributed by atoms with Gasteiger partial charge in [-0.25, -0.2) is 0 Å². The van der Waals surface area contributed by atoms with Crippen molar-refractivity contribution in [1.29, 1.82) is 0 Å². The van der Waals surface area contributed by atoms with Crippen LogP contribution in [0.2, 0.25) is 0 Å². The van der Waals surface area contributed by atoms with Crippen LogP contribution in [0.5, 0.6) is 11.5 Å². The van der Waals surface area contributed by atoms with Crippen molar-refractivity contribution < 1.29 is 9.47 Å². The Bertz CT molecular complexity index is 340. The van der Waals surface area contributed by atoms with Crippen molar-refractivity contribution in [3.63, 3.8) is 0 Å². The van der Waals surface area contributed by atoms with Gasteiger partial charge in [-0.2, -0.15) is 0 Å². The van der Waals surface area contributed by atoms with Gasteiger partial charge in [-0.05, 0) is 37.6 Å². The van der Waals surface area contributed by atoms with E-state index in [1.165, 1.54) is 12.0 Å². The van der Waals surface area contributed by atoms with E-state index in [0.29, 0.717) is 12.6 Å². The molecule has 1 heterocycles. The molecule has 1 aliphatic rings. The molecular formula is C12H18ClNO2. The van der Waals surface area contributed by atoms with Crippen molar-refractivity contribution in [2.45, 2.75) is 19.4 Å².